The molecule has 0 amide bonds. The molecule has 0 saturated carbocycles. The quantitative estimate of drug-likeness (QED) is 0.316. The van der Waals surface area contributed by atoms with Crippen molar-refractivity contribution in [1.82, 2.24) is 0 Å². The molecule has 1 aromatic carbocycles. The summed E-state index contributed by atoms with van der Waals surface area (Å²) in [6, 6.07) is 11.9. The molecular formula is C30H56O3Si4. The lowest BCUT2D eigenvalue weighted by Gasteiger charge is -2.74. The largest absolute Gasteiger partial charge is 0.381 e. The summed E-state index contributed by atoms with van der Waals surface area (Å²) in [6.45, 7) is 26.4. The Morgan fingerprint density at radius 3 is 1.05 bits per heavy atom. The maximum atomic E-state index is 7.60. The van der Waals surface area contributed by atoms with Gasteiger partial charge in [-0.1, -0.05) is 94.4 Å². The number of benzene rings is 1. The first kappa shape index (κ1) is 29.9. The van der Waals surface area contributed by atoms with Crippen LogP contribution in [0.5, 0.6) is 0 Å². The molecule has 37 heavy (non-hydrogen) atoms. The van der Waals surface area contributed by atoms with E-state index in [-0.39, 0.29) is 14.5 Å². The van der Waals surface area contributed by atoms with Crippen molar-refractivity contribution in [2.45, 2.75) is 131 Å². The summed E-state index contributed by atoms with van der Waals surface area (Å²) in [5.74, 6) is 0. The van der Waals surface area contributed by atoms with E-state index >= 15 is 0 Å². The van der Waals surface area contributed by atoms with Crippen LogP contribution < -0.4 is 5.19 Å². The van der Waals surface area contributed by atoms with Gasteiger partial charge in [0.2, 0.25) is 0 Å². The predicted octanol–water partition coefficient (Wildman–Crippen LogP) is 7.41. The normalized spacial score (nSPS) is 34.1. The molecule has 0 bridgehead atoms. The van der Waals surface area contributed by atoms with Gasteiger partial charge in [0.05, 0.1) is 38.8 Å². The van der Waals surface area contributed by atoms with Gasteiger partial charge in [-0.25, -0.2) is 0 Å². The van der Waals surface area contributed by atoms with Crippen molar-refractivity contribution in [1.29, 1.82) is 0 Å². The maximum Gasteiger partial charge on any atom is 0.180 e. The molecular weight excluding hydrogens is 521 g/mol. The lowest BCUT2D eigenvalue weighted by molar-refractivity contribution is -0.0447. The minimum Gasteiger partial charge on any atom is -0.381 e. The summed E-state index contributed by atoms with van der Waals surface area (Å²) in [4.78, 5) is -0.349. The highest BCUT2D eigenvalue weighted by molar-refractivity contribution is 7.20. The first-order valence-electron chi connectivity index (χ1n) is 15.2. The van der Waals surface area contributed by atoms with Gasteiger partial charge in [-0.2, -0.15) is 0 Å². The van der Waals surface area contributed by atoms with Crippen LogP contribution in [0, 0.1) is 0 Å². The highest BCUT2D eigenvalue weighted by Crippen LogP contribution is 2.60. The number of ether oxygens (including phenoxy) is 3. The second-order valence-corrected chi connectivity index (χ2v) is 37.2. The standard InChI is InChI=1S/C30H56O3Si4/c1-34(2,3)28(21-13-16-24-31-28)37(27-19-11-10-12-20-27,29(35(4,5)6)22-14-17-25-32-29)30(36(7,8)9)23-15-18-26-33-30/h10-12,19-20H,13-18,21-26H2,1-9H3. The minimum absolute atomic E-state index is 0.116. The van der Waals surface area contributed by atoms with E-state index < -0.39 is 32.3 Å². The van der Waals surface area contributed by atoms with E-state index in [1.54, 1.807) is 5.19 Å². The third-order valence-electron chi connectivity index (χ3n) is 10.5. The van der Waals surface area contributed by atoms with Crippen molar-refractivity contribution in [3.63, 3.8) is 0 Å². The van der Waals surface area contributed by atoms with Gasteiger partial charge in [0, 0.05) is 19.8 Å². The molecule has 3 fully saturated rings. The molecule has 3 heterocycles. The number of rotatable bonds is 7. The average molecular weight is 577 g/mol. The van der Waals surface area contributed by atoms with Crippen LogP contribution in [-0.2, 0) is 14.2 Å². The highest BCUT2D eigenvalue weighted by Gasteiger charge is 2.83. The van der Waals surface area contributed by atoms with Gasteiger partial charge in [0.1, 0.15) is 0 Å². The molecule has 3 nitrogen and oxygen atoms in total. The Labute approximate surface area is 232 Å². The average Bonchev–Trinajstić information content (AvgIpc) is 2.85. The second kappa shape index (κ2) is 10.4. The summed E-state index contributed by atoms with van der Waals surface area (Å²) in [5.41, 5.74) is 0. The van der Waals surface area contributed by atoms with E-state index in [1.807, 2.05) is 0 Å². The van der Waals surface area contributed by atoms with Crippen LogP contribution >= 0.6 is 0 Å². The molecule has 1 aromatic rings. The zero-order valence-corrected chi connectivity index (χ0v) is 29.6. The molecule has 3 unspecified atom stereocenters. The molecule has 3 atom stereocenters. The zero-order chi connectivity index (χ0) is 27.2. The summed E-state index contributed by atoms with van der Waals surface area (Å²) in [5, 5.41) is 1.59. The van der Waals surface area contributed by atoms with Crippen LogP contribution in [0.2, 0.25) is 58.9 Å². The minimum atomic E-state index is -2.81. The van der Waals surface area contributed by atoms with E-state index in [9.17, 15) is 0 Å². The number of hydrogen-bond acceptors (Lipinski definition) is 3. The van der Waals surface area contributed by atoms with Crippen molar-refractivity contribution in [2.24, 2.45) is 0 Å². The molecule has 3 aliphatic rings. The molecule has 3 aliphatic heterocycles. The fraction of sp³-hybridized carbons (Fsp3) is 0.800. The van der Waals surface area contributed by atoms with Crippen molar-refractivity contribution in [3.8, 4) is 0 Å². The fourth-order valence-electron chi connectivity index (χ4n) is 9.10. The monoisotopic (exact) mass is 576 g/mol. The van der Waals surface area contributed by atoms with Crippen LogP contribution in [0.15, 0.2) is 30.3 Å². The lowest BCUT2D eigenvalue weighted by Crippen LogP contribution is -2.99. The van der Waals surface area contributed by atoms with Crippen molar-refractivity contribution < 1.29 is 14.2 Å². The van der Waals surface area contributed by atoms with Crippen LogP contribution in [-0.4, -0.2) is 66.7 Å². The van der Waals surface area contributed by atoms with Gasteiger partial charge in [-0.15, -0.1) is 0 Å². The molecule has 3 saturated heterocycles. The maximum absolute atomic E-state index is 7.60. The Morgan fingerprint density at radius 2 is 0.811 bits per heavy atom. The van der Waals surface area contributed by atoms with Crippen LogP contribution in [0.3, 0.4) is 0 Å². The predicted molar refractivity (Wildman–Crippen MR) is 169 cm³/mol. The van der Waals surface area contributed by atoms with E-state index in [0.717, 1.165) is 19.8 Å². The first-order valence-corrected chi connectivity index (χ1v) is 27.7. The Hall–Kier alpha value is -0.0325. The second-order valence-electron chi connectivity index (χ2n) is 15.3. The van der Waals surface area contributed by atoms with Gasteiger partial charge in [0.25, 0.3) is 0 Å². The van der Waals surface area contributed by atoms with Gasteiger partial charge < -0.3 is 14.2 Å². The molecule has 0 N–H and O–H groups in total. The van der Waals surface area contributed by atoms with Gasteiger partial charge >= 0.3 is 0 Å². The molecule has 0 aromatic heterocycles. The van der Waals surface area contributed by atoms with Gasteiger partial charge in [-0.3, -0.25) is 0 Å². The van der Waals surface area contributed by atoms with E-state index in [2.05, 4.69) is 89.3 Å². The Bertz CT molecular complexity index is 807. The van der Waals surface area contributed by atoms with E-state index in [1.165, 1.54) is 57.8 Å². The van der Waals surface area contributed by atoms with Crippen LogP contribution in [0.4, 0.5) is 0 Å². The Morgan fingerprint density at radius 1 is 0.486 bits per heavy atom. The third-order valence-corrected chi connectivity index (χ3v) is 35.1. The SMILES string of the molecule is C[Si](C)(C)C1([Si](c2ccccc2)(C2([Si](C)(C)C)CCCCO2)C2([Si](C)(C)C)CCCCO2)CCCCO1. The third kappa shape index (κ3) is 4.32. The molecule has 4 rings (SSSR count). The molecule has 0 aliphatic carbocycles. The molecule has 210 valence electrons. The number of hydrogen-bond donors (Lipinski definition) is 0. The summed E-state index contributed by atoms with van der Waals surface area (Å²) < 4.78 is 22.8. The zero-order valence-electron chi connectivity index (χ0n) is 25.6. The summed E-state index contributed by atoms with van der Waals surface area (Å²) in [6.07, 6.45) is 11.0. The summed E-state index contributed by atoms with van der Waals surface area (Å²) >= 11 is 0. The molecule has 7 heteroatoms. The van der Waals surface area contributed by atoms with E-state index in [4.69, 9.17) is 14.2 Å². The molecule has 0 radical (unpaired) electrons. The van der Waals surface area contributed by atoms with E-state index in [0.29, 0.717) is 0 Å². The lowest BCUT2D eigenvalue weighted by atomic mass is 10.2. The van der Waals surface area contributed by atoms with Gasteiger partial charge in [-0.05, 0) is 57.8 Å². The Balaban J connectivity index is 2.30. The van der Waals surface area contributed by atoms with Crippen molar-refractivity contribution >= 4 is 37.5 Å². The fourth-order valence-corrected chi connectivity index (χ4v) is 39.7. The smallest absolute Gasteiger partial charge is 0.180 e. The molecule has 0 spiro atoms. The summed E-state index contributed by atoms with van der Waals surface area (Å²) in [7, 11) is -8.57. The van der Waals surface area contributed by atoms with Gasteiger partial charge in [0.15, 0.2) is 8.07 Å². The van der Waals surface area contributed by atoms with Crippen molar-refractivity contribution in [3.05, 3.63) is 30.3 Å². The van der Waals surface area contributed by atoms with Crippen molar-refractivity contribution in [2.75, 3.05) is 19.8 Å². The first-order chi connectivity index (χ1) is 17.2. The Kier molecular flexibility index (Phi) is 8.43. The topological polar surface area (TPSA) is 27.7 Å². The van der Waals surface area contributed by atoms with Crippen LogP contribution in [0.25, 0.3) is 0 Å². The van der Waals surface area contributed by atoms with Crippen LogP contribution in [0.1, 0.15) is 57.8 Å². The highest BCUT2D eigenvalue weighted by atomic mass is 28.4.